The number of carbonyl (C=O) groups excluding carboxylic acids is 2. The Morgan fingerprint density at radius 1 is 0.974 bits per heavy atom. The van der Waals surface area contributed by atoms with Crippen molar-refractivity contribution >= 4 is 56.5 Å². The van der Waals surface area contributed by atoms with E-state index in [9.17, 15) is 14.9 Å². The van der Waals surface area contributed by atoms with Crippen LogP contribution in [0.15, 0.2) is 101 Å². The quantitative estimate of drug-likeness (QED) is 0.0942. The normalized spacial score (nSPS) is 10.9. The summed E-state index contributed by atoms with van der Waals surface area (Å²) in [6.45, 7) is 0. The number of carbonyl (C=O) groups is 2. The molecule has 0 fully saturated rings. The summed E-state index contributed by atoms with van der Waals surface area (Å²) < 4.78 is 6.41. The average molecular weight is 598 g/mol. The summed E-state index contributed by atoms with van der Waals surface area (Å²) in [6, 6.07) is 28.2. The number of aromatic amines is 1. The minimum atomic E-state index is -0.536. The second kappa shape index (κ2) is 11.4. The Kier molecular flexibility index (Phi) is 7.55. The topological polar surface area (TPSA) is 107 Å². The van der Waals surface area contributed by atoms with Gasteiger partial charge in [-0.25, -0.2) is 10.2 Å². The SMILES string of the molecule is N#Cc1cccc2c(-c3ccccc3Cl)c(C(=O)NN=Cc3ccccc3OC(=O)c3ccc(Br)cc3)[nH]c12. The van der Waals surface area contributed by atoms with Crippen LogP contribution in [0.3, 0.4) is 0 Å². The summed E-state index contributed by atoms with van der Waals surface area (Å²) >= 11 is 9.82. The molecule has 0 atom stereocenters. The lowest BCUT2D eigenvalue weighted by Gasteiger charge is -2.08. The van der Waals surface area contributed by atoms with Gasteiger partial charge in [0.1, 0.15) is 17.5 Å². The summed E-state index contributed by atoms with van der Waals surface area (Å²) in [6.07, 6.45) is 1.39. The van der Waals surface area contributed by atoms with Crippen LogP contribution in [0.2, 0.25) is 5.02 Å². The fourth-order valence-electron chi connectivity index (χ4n) is 4.07. The van der Waals surface area contributed by atoms with E-state index in [4.69, 9.17) is 16.3 Å². The third-order valence-corrected chi connectivity index (χ3v) is 6.75. The minimum absolute atomic E-state index is 0.202. The number of H-pyrrole nitrogens is 1. The highest BCUT2D eigenvalue weighted by molar-refractivity contribution is 9.10. The van der Waals surface area contributed by atoms with Crippen molar-refractivity contribution in [3.8, 4) is 22.9 Å². The summed E-state index contributed by atoms with van der Waals surface area (Å²) in [5, 5.41) is 14.8. The molecule has 39 heavy (non-hydrogen) atoms. The van der Waals surface area contributed by atoms with Gasteiger partial charge in [-0.3, -0.25) is 4.79 Å². The molecule has 0 aliphatic heterocycles. The van der Waals surface area contributed by atoms with Crippen LogP contribution < -0.4 is 10.2 Å². The van der Waals surface area contributed by atoms with Gasteiger partial charge < -0.3 is 9.72 Å². The van der Waals surface area contributed by atoms with Crippen LogP contribution in [0, 0.1) is 11.3 Å². The van der Waals surface area contributed by atoms with Crippen molar-refractivity contribution in [2.24, 2.45) is 5.10 Å². The lowest BCUT2D eigenvalue weighted by Crippen LogP contribution is -2.19. The molecule has 1 amide bonds. The molecule has 2 N–H and O–H groups in total. The fourth-order valence-corrected chi connectivity index (χ4v) is 4.56. The van der Waals surface area contributed by atoms with Crippen molar-refractivity contribution in [3.05, 3.63) is 123 Å². The molecule has 5 aromatic rings. The highest BCUT2D eigenvalue weighted by Crippen LogP contribution is 2.37. The second-order valence-electron chi connectivity index (χ2n) is 8.33. The van der Waals surface area contributed by atoms with Crippen molar-refractivity contribution in [3.63, 3.8) is 0 Å². The Labute approximate surface area is 236 Å². The lowest BCUT2D eigenvalue weighted by molar-refractivity contribution is 0.0734. The third-order valence-electron chi connectivity index (χ3n) is 5.90. The maximum atomic E-state index is 13.3. The average Bonchev–Trinajstić information content (AvgIpc) is 3.34. The molecule has 0 aliphatic carbocycles. The van der Waals surface area contributed by atoms with Gasteiger partial charge in [0.05, 0.1) is 22.9 Å². The zero-order valence-electron chi connectivity index (χ0n) is 20.1. The number of nitrogens with zero attached hydrogens (tertiary/aromatic N) is 2. The van der Waals surface area contributed by atoms with Crippen molar-refractivity contribution < 1.29 is 14.3 Å². The number of hydrogen-bond acceptors (Lipinski definition) is 5. The molecule has 0 saturated heterocycles. The van der Waals surface area contributed by atoms with Crippen LogP contribution in [-0.4, -0.2) is 23.1 Å². The number of aromatic nitrogens is 1. The van der Waals surface area contributed by atoms with E-state index < -0.39 is 11.9 Å². The third kappa shape index (κ3) is 5.46. The zero-order valence-corrected chi connectivity index (χ0v) is 22.5. The number of para-hydroxylation sites is 2. The number of hydrazone groups is 1. The molecule has 0 spiro atoms. The standard InChI is InChI=1S/C30H18BrClN4O3/c31-21-14-12-18(13-15-21)30(38)39-25-11-4-1-6-20(25)17-34-36-29(37)28-26(22-8-2-3-10-24(22)32)23-9-5-7-19(16-33)27(23)35-28/h1-15,17,35H,(H,36,37). The monoisotopic (exact) mass is 596 g/mol. The number of hydrogen-bond donors (Lipinski definition) is 2. The van der Waals surface area contributed by atoms with Gasteiger partial charge in [0.15, 0.2) is 0 Å². The van der Waals surface area contributed by atoms with Gasteiger partial charge in [-0.15, -0.1) is 0 Å². The first-order chi connectivity index (χ1) is 19.0. The first kappa shape index (κ1) is 25.9. The predicted molar refractivity (Wildman–Crippen MR) is 154 cm³/mol. The molecular formula is C30H18BrClN4O3. The second-order valence-corrected chi connectivity index (χ2v) is 9.65. The van der Waals surface area contributed by atoms with Crippen LogP contribution in [-0.2, 0) is 0 Å². The smallest absolute Gasteiger partial charge is 0.343 e. The number of halogens is 2. The van der Waals surface area contributed by atoms with Gasteiger partial charge in [0.25, 0.3) is 5.91 Å². The number of ether oxygens (including phenoxy) is 1. The molecule has 0 unspecified atom stereocenters. The Hall–Kier alpha value is -4.71. The van der Waals surface area contributed by atoms with Crippen molar-refractivity contribution in [1.82, 2.24) is 10.4 Å². The van der Waals surface area contributed by atoms with Crippen LogP contribution >= 0.6 is 27.5 Å². The lowest BCUT2D eigenvalue weighted by atomic mass is 10.0. The number of rotatable bonds is 6. The summed E-state index contributed by atoms with van der Waals surface area (Å²) in [4.78, 5) is 29.0. The van der Waals surface area contributed by atoms with Crippen LogP contribution in [0.5, 0.6) is 5.75 Å². The molecule has 9 heteroatoms. The minimum Gasteiger partial charge on any atom is -0.422 e. The van der Waals surface area contributed by atoms with E-state index in [-0.39, 0.29) is 11.4 Å². The van der Waals surface area contributed by atoms with E-state index in [0.717, 1.165) is 4.47 Å². The molecule has 0 saturated carbocycles. The Morgan fingerprint density at radius 3 is 2.49 bits per heavy atom. The largest absolute Gasteiger partial charge is 0.422 e. The number of nitrogens with one attached hydrogen (secondary N) is 2. The molecule has 1 aromatic heterocycles. The van der Waals surface area contributed by atoms with Crippen molar-refractivity contribution in [2.45, 2.75) is 0 Å². The van der Waals surface area contributed by atoms with Gasteiger partial charge >= 0.3 is 5.97 Å². The fraction of sp³-hybridized carbons (Fsp3) is 0. The van der Waals surface area contributed by atoms with E-state index in [0.29, 0.717) is 43.7 Å². The van der Waals surface area contributed by atoms with Crippen molar-refractivity contribution in [1.29, 1.82) is 5.26 Å². The zero-order chi connectivity index (χ0) is 27.4. The molecule has 5 rings (SSSR count). The maximum absolute atomic E-state index is 13.3. The van der Waals surface area contributed by atoms with E-state index >= 15 is 0 Å². The highest BCUT2D eigenvalue weighted by atomic mass is 79.9. The number of benzene rings is 4. The Morgan fingerprint density at radius 2 is 1.72 bits per heavy atom. The molecule has 1 heterocycles. The highest BCUT2D eigenvalue weighted by Gasteiger charge is 2.22. The van der Waals surface area contributed by atoms with Crippen molar-refractivity contribution in [2.75, 3.05) is 0 Å². The molecule has 0 aliphatic rings. The molecule has 0 radical (unpaired) electrons. The molecule has 7 nitrogen and oxygen atoms in total. The van der Waals surface area contributed by atoms with Crippen LogP contribution in [0.25, 0.3) is 22.0 Å². The number of fused-ring (bicyclic) bond motifs is 1. The van der Waals surface area contributed by atoms with E-state index in [1.165, 1.54) is 6.21 Å². The Bertz CT molecular complexity index is 1790. The van der Waals surface area contributed by atoms with Gasteiger partial charge in [-0.2, -0.15) is 10.4 Å². The number of nitriles is 1. The molecule has 4 aromatic carbocycles. The first-order valence-corrected chi connectivity index (χ1v) is 12.8. The van der Waals surface area contributed by atoms with Gasteiger partial charge in [0.2, 0.25) is 0 Å². The molecule has 0 bridgehead atoms. The van der Waals surface area contributed by atoms with Crippen LogP contribution in [0.4, 0.5) is 0 Å². The van der Waals surface area contributed by atoms with Gasteiger partial charge in [0, 0.05) is 31.6 Å². The summed E-state index contributed by atoms with van der Waals surface area (Å²) in [5.74, 6) is -0.779. The molecule has 190 valence electrons. The predicted octanol–water partition coefficient (Wildman–Crippen LogP) is 7.11. The van der Waals surface area contributed by atoms with E-state index in [2.05, 4.69) is 37.5 Å². The first-order valence-electron chi connectivity index (χ1n) is 11.7. The number of esters is 1. The maximum Gasteiger partial charge on any atom is 0.343 e. The van der Waals surface area contributed by atoms with Crippen LogP contribution in [0.1, 0.15) is 32.0 Å². The van der Waals surface area contributed by atoms with E-state index in [1.54, 1.807) is 78.9 Å². The van der Waals surface area contributed by atoms with Gasteiger partial charge in [-0.05, 0) is 48.5 Å². The van der Waals surface area contributed by atoms with E-state index in [1.807, 2.05) is 12.1 Å². The summed E-state index contributed by atoms with van der Waals surface area (Å²) in [5.41, 5.74) is 5.71. The molecular weight excluding hydrogens is 580 g/mol. The number of amides is 1. The Balaban J connectivity index is 1.43. The van der Waals surface area contributed by atoms with Gasteiger partial charge in [-0.1, -0.05) is 70.0 Å². The summed E-state index contributed by atoms with van der Waals surface area (Å²) in [7, 11) is 0.